The number of anilines is 1. The standard InChI is InChI=1S/C18H18ClN3OS2/c19-14-6-1-2-7-17(14)25(23,24)11-20-13-8-9-15-16(10-13)22-18(21-15)12-4-3-5-12/h1-2,6-10,12,20H,3-5,11H2,(H,21,22). The first-order valence-corrected chi connectivity index (χ1v) is 11.3. The van der Waals surface area contributed by atoms with Crippen molar-refractivity contribution in [3.8, 4) is 0 Å². The number of imidazole rings is 1. The number of aromatic nitrogens is 2. The molecule has 2 aromatic carbocycles. The zero-order valence-electron chi connectivity index (χ0n) is 13.5. The third kappa shape index (κ3) is 3.38. The Morgan fingerprint density at radius 1 is 1.28 bits per heavy atom. The average Bonchev–Trinajstić information content (AvgIpc) is 2.94. The number of nitrogens with one attached hydrogen (secondary N) is 2. The molecule has 1 aromatic heterocycles. The van der Waals surface area contributed by atoms with Crippen LogP contribution in [0.5, 0.6) is 0 Å². The van der Waals surface area contributed by atoms with E-state index in [0.717, 1.165) is 22.5 Å². The third-order valence-corrected chi connectivity index (χ3v) is 7.51. The van der Waals surface area contributed by atoms with E-state index < -0.39 is 8.49 Å². The van der Waals surface area contributed by atoms with Crippen molar-refractivity contribution in [3.63, 3.8) is 0 Å². The Labute approximate surface area is 156 Å². The number of hydrogen-bond acceptors (Lipinski definition) is 4. The Morgan fingerprint density at radius 2 is 2.08 bits per heavy atom. The highest BCUT2D eigenvalue weighted by Crippen LogP contribution is 2.35. The normalized spacial score (nSPS) is 17.2. The van der Waals surface area contributed by atoms with E-state index in [-0.39, 0.29) is 5.88 Å². The summed E-state index contributed by atoms with van der Waals surface area (Å²) in [5.74, 6) is 1.79. The molecule has 4 nitrogen and oxygen atoms in total. The van der Waals surface area contributed by atoms with E-state index in [0.29, 0.717) is 15.8 Å². The maximum absolute atomic E-state index is 12.8. The fourth-order valence-corrected chi connectivity index (χ4v) is 5.39. The molecule has 1 unspecified atom stereocenters. The molecule has 0 saturated heterocycles. The van der Waals surface area contributed by atoms with Gasteiger partial charge in [0, 0.05) is 11.6 Å². The molecule has 1 atom stereocenters. The van der Waals surface area contributed by atoms with Gasteiger partial charge in [0.05, 0.1) is 35.3 Å². The number of fused-ring (bicyclic) bond motifs is 1. The summed E-state index contributed by atoms with van der Waals surface area (Å²) in [6.07, 6.45) is 3.70. The van der Waals surface area contributed by atoms with Crippen LogP contribution in [0.2, 0.25) is 5.02 Å². The molecular weight excluding hydrogens is 374 g/mol. The molecule has 0 radical (unpaired) electrons. The lowest BCUT2D eigenvalue weighted by Crippen LogP contribution is -2.14. The van der Waals surface area contributed by atoms with Gasteiger partial charge in [0.2, 0.25) is 0 Å². The Balaban J connectivity index is 1.53. The summed E-state index contributed by atoms with van der Waals surface area (Å²) >= 11 is 11.4. The number of nitrogens with zero attached hydrogens (tertiary/aromatic N) is 1. The Hall–Kier alpha value is -1.63. The van der Waals surface area contributed by atoms with E-state index >= 15 is 0 Å². The van der Waals surface area contributed by atoms with Gasteiger partial charge in [-0.2, -0.15) is 0 Å². The minimum atomic E-state index is -2.68. The molecule has 4 rings (SSSR count). The number of halogens is 1. The Bertz CT molecular complexity index is 1030. The van der Waals surface area contributed by atoms with Gasteiger partial charge in [-0.05, 0) is 54.4 Å². The summed E-state index contributed by atoms with van der Waals surface area (Å²) in [7, 11) is -2.68. The highest BCUT2D eigenvalue weighted by Gasteiger charge is 2.22. The van der Waals surface area contributed by atoms with E-state index in [1.807, 2.05) is 18.2 Å². The highest BCUT2D eigenvalue weighted by atomic mass is 35.5. The first-order chi connectivity index (χ1) is 12.0. The van der Waals surface area contributed by atoms with Gasteiger partial charge in [0.15, 0.2) is 0 Å². The van der Waals surface area contributed by atoms with Gasteiger partial charge in [0.1, 0.15) is 5.82 Å². The number of benzene rings is 2. The quantitative estimate of drug-likeness (QED) is 0.664. The number of rotatable bonds is 5. The molecule has 7 heteroatoms. The second-order valence-electron chi connectivity index (χ2n) is 6.35. The van der Waals surface area contributed by atoms with Crippen LogP contribution >= 0.6 is 11.6 Å². The summed E-state index contributed by atoms with van der Waals surface area (Å²) in [6, 6.07) is 12.9. The van der Waals surface area contributed by atoms with Crippen molar-refractivity contribution in [1.29, 1.82) is 0 Å². The molecule has 0 spiro atoms. The van der Waals surface area contributed by atoms with Gasteiger partial charge < -0.3 is 10.3 Å². The summed E-state index contributed by atoms with van der Waals surface area (Å²) in [5, 5.41) is 3.63. The van der Waals surface area contributed by atoms with Gasteiger partial charge in [-0.15, -0.1) is 0 Å². The summed E-state index contributed by atoms with van der Waals surface area (Å²) in [4.78, 5) is 8.58. The fourth-order valence-electron chi connectivity index (χ4n) is 2.97. The number of H-pyrrole nitrogens is 1. The van der Waals surface area contributed by atoms with Crippen LogP contribution in [0.15, 0.2) is 47.4 Å². The molecule has 2 N–H and O–H groups in total. The zero-order chi connectivity index (χ0) is 17.4. The fraction of sp³-hybridized carbons (Fsp3) is 0.278. The van der Waals surface area contributed by atoms with Crippen LogP contribution in [-0.2, 0) is 19.7 Å². The van der Waals surface area contributed by atoms with E-state index in [4.69, 9.17) is 22.8 Å². The van der Waals surface area contributed by atoms with Crippen LogP contribution in [0.3, 0.4) is 0 Å². The van der Waals surface area contributed by atoms with Crippen LogP contribution in [0, 0.1) is 0 Å². The van der Waals surface area contributed by atoms with Crippen LogP contribution in [0.25, 0.3) is 11.0 Å². The maximum atomic E-state index is 12.8. The van der Waals surface area contributed by atoms with Gasteiger partial charge >= 0.3 is 0 Å². The SMILES string of the molecule is O=S(=S)(CNc1ccc2nc(C3CCC3)[nH]c2c1)c1ccccc1Cl. The molecule has 130 valence electrons. The van der Waals surface area contributed by atoms with E-state index in [2.05, 4.69) is 15.3 Å². The van der Waals surface area contributed by atoms with Gasteiger partial charge in [0.25, 0.3) is 0 Å². The van der Waals surface area contributed by atoms with E-state index in [1.165, 1.54) is 19.3 Å². The first kappa shape index (κ1) is 16.8. The van der Waals surface area contributed by atoms with Crippen molar-refractivity contribution in [2.24, 2.45) is 0 Å². The van der Waals surface area contributed by atoms with Crippen molar-refractivity contribution in [2.75, 3.05) is 11.2 Å². The van der Waals surface area contributed by atoms with Crippen LogP contribution < -0.4 is 5.32 Å². The van der Waals surface area contributed by atoms with Crippen LogP contribution in [0.1, 0.15) is 31.0 Å². The van der Waals surface area contributed by atoms with E-state index in [9.17, 15) is 4.21 Å². The van der Waals surface area contributed by atoms with Crippen molar-refractivity contribution < 1.29 is 4.21 Å². The molecule has 25 heavy (non-hydrogen) atoms. The molecule has 1 heterocycles. The highest BCUT2D eigenvalue weighted by molar-refractivity contribution is 8.33. The third-order valence-electron chi connectivity index (χ3n) is 4.63. The van der Waals surface area contributed by atoms with E-state index in [1.54, 1.807) is 24.3 Å². The Morgan fingerprint density at radius 3 is 2.80 bits per heavy atom. The minimum absolute atomic E-state index is 0.154. The van der Waals surface area contributed by atoms with Crippen LogP contribution in [-0.4, -0.2) is 20.1 Å². The zero-order valence-corrected chi connectivity index (χ0v) is 15.9. The van der Waals surface area contributed by atoms with Gasteiger partial charge in [-0.3, -0.25) is 4.21 Å². The van der Waals surface area contributed by atoms with Gasteiger partial charge in [-0.1, -0.05) is 30.2 Å². The summed E-state index contributed by atoms with van der Waals surface area (Å²) in [5.41, 5.74) is 2.80. The lowest BCUT2D eigenvalue weighted by molar-refractivity contribution is 0.405. The molecule has 1 saturated carbocycles. The van der Waals surface area contributed by atoms with Crippen molar-refractivity contribution in [2.45, 2.75) is 30.1 Å². The topological polar surface area (TPSA) is 57.8 Å². The minimum Gasteiger partial charge on any atom is -0.373 e. The second kappa shape index (κ2) is 6.59. The maximum Gasteiger partial charge on any atom is 0.110 e. The molecule has 1 fully saturated rings. The monoisotopic (exact) mass is 391 g/mol. The predicted molar refractivity (Wildman–Crippen MR) is 106 cm³/mol. The molecule has 0 aliphatic heterocycles. The van der Waals surface area contributed by atoms with Crippen molar-refractivity contribution >= 4 is 48.0 Å². The average molecular weight is 392 g/mol. The molecule has 0 bridgehead atoms. The largest absolute Gasteiger partial charge is 0.373 e. The van der Waals surface area contributed by atoms with Crippen molar-refractivity contribution in [3.05, 3.63) is 53.3 Å². The molecule has 0 amide bonds. The van der Waals surface area contributed by atoms with Crippen LogP contribution in [0.4, 0.5) is 5.69 Å². The van der Waals surface area contributed by atoms with Gasteiger partial charge in [-0.25, -0.2) is 4.98 Å². The first-order valence-electron chi connectivity index (χ1n) is 8.24. The number of aromatic amines is 1. The lowest BCUT2D eigenvalue weighted by atomic mass is 9.85. The molecule has 1 aliphatic rings. The lowest BCUT2D eigenvalue weighted by Gasteiger charge is -2.22. The summed E-state index contributed by atoms with van der Waals surface area (Å²) < 4.78 is 12.8. The van der Waals surface area contributed by atoms with Crippen molar-refractivity contribution in [1.82, 2.24) is 9.97 Å². The predicted octanol–water partition coefficient (Wildman–Crippen LogP) is 4.66. The molecular formula is C18H18ClN3OS2. The Kier molecular flexibility index (Phi) is 4.43. The smallest absolute Gasteiger partial charge is 0.110 e. The summed E-state index contributed by atoms with van der Waals surface area (Å²) in [6.45, 7) is 0. The second-order valence-corrected chi connectivity index (χ2v) is 10.3. The molecule has 1 aliphatic carbocycles. The molecule has 3 aromatic rings. The number of hydrogen-bond donors (Lipinski definition) is 2.